The van der Waals surface area contributed by atoms with Crippen molar-refractivity contribution >= 4 is 17.6 Å². The van der Waals surface area contributed by atoms with Crippen LogP contribution < -0.4 is 10.1 Å². The van der Waals surface area contributed by atoms with E-state index in [1.54, 1.807) is 30.5 Å². The molecule has 1 fully saturated rings. The van der Waals surface area contributed by atoms with Gasteiger partial charge in [0.1, 0.15) is 5.75 Å². The van der Waals surface area contributed by atoms with Crippen molar-refractivity contribution < 1.29 is 14.3 Å². The van der Waals surface area contributed by atoms with Crippen LogP contribution >= 0.6 is 0 Å². The van der Waals surface area contributed by atoms with Gasteiger partial charge in [0.25, 0.3) is 0 Å². The number of aromatic nitrogens is 2. The highest BCUT2D eigenvalue weighted by Crippen LogP contribution is 2.31. The molecule has 0 spiro atoms. The van der Waals surface area contributed by atoms with Crippen LogP contribution in [-0.2, 0) is 11.3 Å². The standard InChI is InChI=1S/C19H23N3O3/c1-2-25-16-7-5-15(6-8-16)17(23)9-10-18(24)21-19-20-11-12-22(19)13-14-3-4-14/h5-8,11-12,14H,2-4,9-10,13H2,1H3,(H,20,21,24). The van der Waals surface area contributed by atoms with Crippen molar-refractivity contribution in [2.24, 2.45) is 5.92 Å². The van der Waals surface area contributed by atoms with E-state index in [4.69, 9.17) is 4.74 Å². The van der Waals surface area contributed by atoms with E-state index < -0.39 is 0 Å². The zero-order valence-corrected chi connectivity index (χ0v) is 14.4. The fourth-order valence-electron chi connectivity index (χ4n) is 2.62. The van der Waals surface area contributed by atoms with Gasteiger partial charge in [-0.3, -0.25) is 14.9 Å². The molecule has 1 aliphatic rings. The average Bonchev–Trinajstić information content (AvgIpc) is 3.33. The highest BCUT2D eigenvalue weighted by molar-refractivity contribution is 5.99. The first-order chi connectivity index (χ1) is 12.2. The normalized spacial score (nSPS) is 13.5. The van der Waals surface area contributed by atoms with Gasteiger partial charge in [-0.2, -0.15) is 0 Å². The number of nitrogens with one attached hydrogen (secondary N) is 1. The molecule has 6 heteroatoms. The molecule has 0 bridgehead atoms. The maximum Gasteiger partial charge on any atom is 0.227 e. The van der Waals surface area contributed by atoms with Gasteiger partial charge in [0.05, 0.1) is 6.61 Å². The molecular weight excluding hydrogens is 318 g/mol. The van der Waals surface area contributed by atoms with Crippen LogP contribution in [0.3, 0.4) is 0 Å². The number of ketones is 1. The second kappa shape index (κ2) is 7.96. The average molecular weight is 341 g/mol. The molecule has 25 heavy (non-hydrogen) atoms. The fraction of sp³-hybridized carbons (Fsp3) is 0.421. The molecule has 132 valence electrons. The lowest BCUT2D eigenvalue weighted by atomic mass is 10.1. The third-order valence-corrected chi connectivity index (χ3v) is 4.18. The van der Waals surface area contributed by atoms with Crippen molar-refractivity contribution in [3.8, 4) is 5.75 Å². The molecule has 0 saturated heterocycles. The van der Waals surface area contributed by atoms with Crippen LogP contribution in [0.15, 0.2) is 36.7 Å². The van der Waals surface area contributed by atoms with Crippen LogP contribution in [0.1, 0.15) is 43.0 Å². The number of carbonyl (C=O) groups excluding carboxylic acids is 2. The summed E-state index contributed by atoms with van der Waals surface area (Å²) in [6, 6.07) is 7.00. The lowest BCUT2D eigenvalue weighted by Gasteiger charge is -2.08. The van der Waals surface area contributed by atoms with E-state index in [2.05, 4.69) is 10.3 Å². The quantitative estimate of drug-likeness (QED) is 0.710. The predicted octanol–water partition coefficient (Wildman–Crippen LogP) is 3.29. The molecule has 1 saturated carbocycles. The van der Waals surface area contributed by atoms with Gasteiger partial charge in [-0.05, 0) is 49.9 Å². The van der Waals surface area contributed by atoms with Gasteiger partial charge in [-0.15, -0.1) is 0 Å². The zero-order chi connectivity index (χ0) is 17.6. The molecule has 0 atom stereocenters. The van der Waals surface area contributed by atoms with E-state index in [0.29, 0.717) is 24.0 Å². The number of imidazole rings is 1. The molecule has 2 aromatic rings. The van der Waals surface area contributed by atoms with Crippen molar-refractivity contribution in [2.75, 3.05) is 11.9 Å². The molecule has 1 N–H and O–H groups in total. The van der Waals surface area contributed by atoms with Crippen LogP contribution in [0.2, 0.25) is 0 Å². The highest BCUT2D eigenvalue weighted by atomic mass is 16.5. The second-order valence-corrected chi connectivity index (χ2v) is 6.28. The number of anilines is 1. The van der Waals surface area contributed by atoms with Gasteiger partial charge in [0.2, 0.25) is 11.9 Å². The molecule has 0 unspecified atom stereocenters. The van der Waals surface area contributed by atoms with Gasteiger partial charge in [0.15, 0.2) is 5.78 Å². The van der Waals surface area contributed by atoms with Crippen molar-refractivity contribution in [1.82, 2.24) is 9.55 Å². The van der Waals surface area contributed by atoms with Crippen LogP contribution in [0.25, 0.3) is 0 Å². The Hall–Kier alpha value is -2.63. The molecule has 0 aliphatic heterocycles. The largest absolute Gasteiger partial charge is 0.494 e. The molecule has 1 aromatic heterocycles. The lowest BCUT2D eigenvalue weighted by molar-refractivity contribution is -0.116. The number of rotatable bonds is 9. The van der Waals surface area contributed by atoms with E-state index in [9.17, 15) is 9.59 Å². The Kier molecular flexibility index (Phi) is 5.48. The van der Waals surface area contributed by atoms with E-state index in [-0.39, 0.29) is 24.5 Å². The summed E-state index contributed by atoms with van der Waals surface area (Å²) < 4.78 is 7.32. The van der Waals surface area contributed by atoms with Crippen molar-refractivity contribution in [1.29, 1.82) is 0 Å². The predicted molar refractivity (Wildman–Crippen MR) is 94.8 cm³/mol. The smallest absolute Gasteiger partial charge is 0.227 e. The Morgan fingerprint density at radius 2 is 2.00 bits per heavy atom. The monoisotopic (exact) mass is 341 g/mol. The lowest BCUT2D eigenvalue weighted by Crippen LogP contribution is -2.17. The maximum atomic E-state index is 12.2. The van der Waals surface area contributed by atoms with Crippen LogP contribution in [-0.4, -0.2) is 27.8 Å². The highest BCUT2D eigenvalue weighted by Gasteiger charge is 2.23. The van der Waals surface area contributed by atoms with Crippen molar-refractivity contribution in [3.05, 3.63) is 42.2 Å². The number of hydrogen-bond acceptors (Lipinski definition) is 4. The minimum atomic E-state index is -0.192. The Balaban J connectivity index is 1.48. The Morgan fingerprint density at radius 3 is 2.68 bits per heavy atom. The first-order valence-corrected chi connectivity index (χ1v) is 8.72. The summed E-state index contributed by atoms with van der Waals surface area (Å²) in [6.45, 7) is 3.39. The van der Waals surface area contributed by atoms with Crippen LogP contribution in [0.5, 0.6) is 5.75 Å². The van der Waals surface area contributed by atoms with Gasteiger partial charge >= 0.3 is 0 Å². The zero-order valence-electron chi connectivity index (χ0n) is 14.4. The Bertz CT molecular complexity index is 733. The van der Waals surface area contributed by atoms with Crippen molar-refractivity contribution in [2.45, 2.75) is 39.2 Å². The third kappa shape index (κ3) is 4.92. The number of ether oxygens (including phenoxy) is 1. The number of benzene rings is 1. The van der Waals surface area contributed by atoms with Gasteiger partial charge < -0.3 is 9.30 Å². The molecule has 1 aromatic carbocycles. The Morgan fingerprint density at radius 1 is 1.24 bits per heavy atom. The molecule has 1 heterocycles. The van der Waals surface area contributed by atoms with E-state index in [1.807, 2.05) is 17.7 Å². The van der Waals surface area contributed by atoms with E-state index in [1.165, 1.54) is 12.8 Å². The number of nitrogens with zero attached hydrogens (tertiary/aromatic N) is 2. The van der Waals surface area contributed by atoms with E-state index in [0.717, 1.165) is 12.3 Å². The summed E-state index contributed by atoms with van der Waals surface area (Å²) in [7, 11) is 0. The minimum Gasteiger partial charge on any atom is -0.494 e. The molecule has 6 nitrogen and oxygen atoms in total. The van der Waals surface area contributed by atoms with Gasteiger partial charge in [0, 0.05) is 37.3 Å². The maximum absolute atomic E-state index is 12.2. The minimum absolute atomic E-state index is 0.0560. The summed E-state index contributed by atoms with van der Waals surface area (Å²) in [5.41, 5.74) is 0.589. The summed E-state index contributed by atoms with van der Waals surface area (Å²) >= 11 is 0. The first kappa shape index (κ1) is 17.2. The first-order valence-electron chi connectivity index (χ1n) is 8.72. The molecule has 1 amide bonds. The molecule has 3 rings (SSSR count). The molecule has 0 radical (unpaired) electrons. The number of amides is 1. The number of carbonyl (C=O) groups is 2. The number of hydrogen-bond donors (Lipinski definition) is 1. The van der Waals surface area contributed by atoms with Gasteiger partial charge in [-0.25, -0.2) is 4.98 Å². The number of Topliss-reactive ketones (excluding diaryl/α,β-unsaturated/α-hetero) is 1. The SMILES string of the molecule is CCOc1ccc(C(=O)CCC(=O)Nc2nccn2CC2CC2)cc1. The van der Waals surface area contributed by atoms with Gasteiger partial charge in [-0.1, -0.05) is 0 Å². The van der Waals surface area contributed by atoms with E-state index >= 15 is 0 Å². The second-order valence-electron chi connectivity index (χ2n) is 6.28. The van der Waals surface area contributed by atoms with Crippen molar-refractivity contribution in [3.63, 3.8) is 0 Å². The summed E-state index contributed by atoms with van der Waals surface area (Å²) in [4.78, 5) is 28.5. The summed E-state index contributed by atoms with van der Waals surface area (Å²) in [6.07, 6.45) is 6.35. The molecule has 1 aliphatic carbocycles. The third-order valence-electron chi connectivity index (χ3n) is 4.18. The van der Waals surface area contributed by atoms with Crippen LogP contribution in [0, 0.1) is 5.92 Å². The fourth-order valence-corrected chi connectivity index (χ4v) is 2.62. The summed E-state index contributed by atoms with van der Waals surface area (Å²) in [5.74, 6) is 1.75. The van der Waals surface area contributed by atoms with Crippen LogP contribution in [0.4, 0.5) is 5.95 Å². The Labute approximate surface area is 147 Å². The topological polar surface area (TPSA) is 73.2 Å². The molecular formula is C19H23N3O3. The summed E-state index contributed by atoms with van der Waals surface area (Å²) in [5, 5.41) is 2.80.